The van der Waals surface area contributed by atoms with Crippen molar-refractivity contribution in [2.24, 2.45) is 17.6 Å². The lowest BCUT2D eigenvalue weighted by atomic mass is 9.96. The molecule has 0 aromatic heterocycles. The van der Waals surface area contributed by atoms with Crippen molar-refractivity contribution in [2.45, 2.75) is 39.2 Å². The summed E-state index contributed by atoms with van der Waals surface area (Å²) >= 11 is 0. The van der Waals surface area contributed by atoms with Crippen molar-refractivity contribution < 1.29 is 4.79 Å². The maximum Gasteiger partial charge on any atom is 0.139 e. The summed E-state index contributed by atoms with van der Waals surface area (Å²) in [5.41, 5.74) is 5.68. The maximum absolute atomic E-state index is 11.6. The largest absolute Gasteiger partial charge is 0.324 e. The number of allylic oxidation sites excluding steroid dienone is 1. The normalized spacial score (nSPS) is 27.1. The average molecular weight is 181 g/mol. The molecule has 2 unspecified atom stereocenters. The summed E-state index contributed by atoms with van der Waals surface area (Å²) in [6, 6.07) is 0.105. The highest BCUT2D eigenvalue weighted by Crippen LogP contribution is 2.20. The van der Waals surface area contributed by atoms with Gasteiger partial charge in [0.1, 0.15) is 5.78 Å². The molecule has 1 rings (SSSR count). The molecule has 0 saturated heterocycles. The van der Waals surface area contributed by atoms with Crippen molar-refractivity contribution >= 4 is 5.78 Å². The van der Waals surface area contributed by atoms with Gasteiger partial charge in [0, 0.05) is 18.4 Å². The minimum absolute atomic E-state index is 0.105. The molecule has 1 aliphatic carbocycles. The highest BCUT2D eigenvalue weighted by Gasteiger charge is 2.21. The third-order valence-corrected chi connectivity index (χ3v) is 2.50. The van der Waals surface area contributed by atoms with Gasteiger partial charge in [-0.15, -0.1) is 0 Å². The number of ketones is 1. The molecule has 1 aliphatic rings. The van der Waals surface area contributed by atoms with E-state index in [4.69, 9.17) is 5.73 Å². The summed E-state index contributed by atoms with van der Waals surface area (Å²) in [7, 11) is 0. The number of rotatable bonds is 4. The van der Waals surface area contributed by atoms with Gasteiger partial charge in [-0.2, -0.15) is 0 Å². The molecule has 0 fully saturated rings. The van der Waals surface area contributed by atoms with E-state index in [1.165, 1.54) is 0 Å². The van der Waals surface area contributed by atoms with Crippen LogP contribution in [0.3, 0.4) is 0 Å². The molecule has 0 radical (unpaired) electrons. The first kappa shape index (κ1) is 10.5. The van der Waals surface area contributed by atoms with Crippen molar-refractivity contribution in [1.29, 1.82) is 0 Å². The fourth-order valence-corrected chi connectivity index (χ4v) is 1.58. The number of Topliss-reactive ketones (excluding diaryl/α,β-unsaturated/α-hetero) is 1. The molecule has 0 bridgehead atoms. The van der Waals surface area contributed by atoms with Gasteiger partial charge in [0.25, 0.3) is 0 Å². The monoisotopic (exact) mass is 181 g/mol. The Morgan fingerprint density at radius 1 is 1.54 bits per heavy atom. The molecule has 2 nitrogen and oxygen atoms in total. The van der Waals surface area contributed by atoms with Crippen LogP contribution in [0.25, 0.3) is 0 Å². The highest BCUT2D eigenvalue weighted by atomic mass is 16.1. The van der Waals surface area contributed by atoms with Crippen molar-refractivity contribution in [2.75, 3.05) is 0 Å². The lowest BCUT2D eigenvalue weighted by Gasteiger charge is -2.09. The van der Waals surface area contributed by atoms with Crippen LogP contribution in [0.15, 0.2) is 12.2 Å². The zero-order chi connectivity index (χ0) is 9.84. The highest BCUT2D eigenvalue weighted by molar-refractivity contribution is 5.83. The van der Waals surface area contributed by atoms with E-state index < -0.39 is 0 Å². The first-order chi connectivity index (χ1) is 6.09. The van der Waals surface area contributed by atoms with Gasteiger partial charge in [-0.3, -0.25) is 4.79 Å². The summed E-state index contributed by atoms with van der Waals surface area (Å²) in [6.45, 7) is 4.28. The number of carbonyl (C=O) groups is 1. The zero-order valence-electron chi connectivity index (χ0n) is 8.49. The molecule has 0 aromatic rings. The van der Waals surface area contributed by atoms with Crippen LogP contribution < -0.4 is 5.73 Å². The van der Waals surface area contributed by atoms with E-state index in [-0.39, 0.29) is 12.0 Å². The fourth-order valence-electron chi connectivity index (χ4n) is 1.58. The van der Waals surface area contributed by atoms with E-state index in [0.29, 0.717) is 18.1 Å². The predicted molar refractivity (Wildman–Crippen MR) is 54.3 cm³/mol. The van der Waals surface area contributed by atoms with Crippen LogP contribution in [0.2, 0.25) is 0 Å². The van der Waals surface area contributed by atoms with Crippen molar-refractivity contribution in [1.82, 2.24) is 0 Å². The number of carbonyl (C=O) groups excluding carboxylic acids is 1. The van der Waals surface area contributed by atoms with Crippen molar-refractivity contribution in [3.05, 3.63) is 12.2 Å². The van der Waals surface area contributed by atoms with Crippen LogP contribution in [0.4, 0.5) is 0 Å². The topological polar surface area (TPSA) is 43.1 Å². The van der Waals surface area contributed by atoms with Crippen molar-refractivity contribution in [3.63, 3.8) is 0 Å². The van der Waals surface area contributed by atoms with E-state index in [9.17, 15) is 4.79 Å². The minimum atomic E-state index is 0.105. The first-order valence-electron chi connectivity index (χ1n) is 5.06. The summed E-state index contributed by atoms with van der Waals surface area (Å²) in [5.74, 6) is 1.08. The molecule has 2 N–H and O–H groups in total. The lowest BCUT2D eigenvalue weighted by molar-refractivity contribution is -0.121. The standard InChI is InChI=1S/C11H19NO/c1-8(2)3-6-11(13)9-4-5-10(12)7-9/h4-5,8-10H,3,6-7,12H2,1-2H3. The summed E-state index contributed by atoms with van der Waals surface area (Å²) in [6.07, 6.45) is 6.43. The Morgan fingerprint density at radius 3 is 2.69 bits per heavy atom. The van der Waals surface area contributed by atoms with Gasteiger partial charge in [-0.05, 0) is 18.8 Å². The summed E-state index contributed by atoms with van der Waals surface area (Å²) in [5, 5.41) is 0. The smallest absolute Gasteiger partial charge is 0.139 e. The van der Waals surface area contributed by atoms with E-state index in [1.54, 1.807) is 0 Å². The molecule has 74 valence electrons. The van der Waals surface area contributed by atoms with Gasteiger partial charge in [-0.25, -0.2) is 0 Å². The Bertz CT molecular complexity index is 208. The van der Waals surface area contributed by atoms with E-state index in [1.807, 2.05) is 12.2 Å². The molecule has 0 aliphatic heterocycles. The maximum atomic E-state index is 11.6. The zero-order valence-corrected chi connectivity index (χ0v) is 8.49. The van der Waals surface area contributed by atoms with Crippen LogP contribution in [0, 0.1) is 11.8 Å². The molecule has 0 heterocycles. The van der Waals surface area contributed by atoms with Gasteiger partial charge in [-0.1, -0.05) is 26.0 Å². The number of hydrogen-bond acceptors (Lipinski definition) is 2. The SMILES string of the molecule is CC(C)CCC(=O)C1C=CC(N)C1. The Hall–Kier alpha value is -0.630. The molecule has 2 heteroatoms. The van der Waals surface area contributed by atoms with Gasteiger partial charge >= 0.3 is 0 Å². The van der Waals surface area contributed by atoms with Crippen molar-refractivity contribution in [3.8, 4) is 0 Å². The van der Waals surface area contributed by atoms with E-state index in [0.717, 1.165) is 12.8 Å². The van der Waals surface area contributed by atoms with Gasteiger partial charge in [0.2, 0.25) is 0 Å². The third-order valence-electron chi connectivity index (χ3n) is 2.50. The number of hydrogen-bond donors (Lipinski definition) is 1. The second-order valence-corrected chi connectivity index (χ2v) is 4.29. The second kappa shape index (κ2) is 4.56. The van der Waals surface area contributed by atoms with Crippen LogP contribution in [-0.2, 0) is 4.79 Å². The molecule has 13 heavy (non-hydrogen) atoms. The van der Waals surface area contributed by atoms with Gasteiger partial charge < -0.3 is 5.73 Å². The Labute approximate surface area is 80.2 Å². The minimum Gasteiger partial charge on any atom is -0.324 e. The van der Waals surface area contributed by atoms with Crippen LogP contribution in [-0.4, -0.2) is 11.8 Å². The van der Waals surface area contributed by atoms with Crippen LogP contribution in [0.1, 0.15) is 33.1 Å². The van der Waals surface area contributed by atoms with Crippen LogP contribution in [0.5, 0.6) is 0 Å². The van der Waals surface area contributed by atoms with Gasteiger partial charge in [0.15, 0.2) is 0 Å². The molecule has 0 aromatic carbocycles. The molecule has 2 atom stereocenters. The Kier molecular flexibility index (Phi) is 3.67. The van der Waals surface area contributed by atoms with E-state index in [2.05, 4.69) is 13.8 Å². The predicted octanol–water partition coefficient (Wildman–Crippen LogP) is 1.90. The number of nitrogens with two attached hydrogens (primary N) is 1. The first-order valence-corrected chi connectivity index (χ1v) is 5.06. The Morgan fingerprint density at radius 2 is 2.23 bits per heavy atom. The van der Waals surface area contributed by atoms with E-state index >= 15 is 0 Å². The quantitative estimate of drug-likeness (QED) is 0.673. The van der Waals surface area contributed by atoms with Crippen LogP contribution >= 0.6 is 0 Å². The third kappa shape index (κ3) is 3.31. The molecule has 0 spiro atoms. The lowest BCUT2D eigenvalue weighted by Crippen LogP contribution is -2.19. The summed E-state index contributed by atoms with van der Waals surface area (Å²) < 4.78 is 0. The molecular formula is C11H19NO. The van der Waals surface area contributed by atoms with Gasteiger partial charge in [0.05, 0.1) is 0 Å². The molecule has 0 amide bonds. The molecule has 0 saturated carbocycles. The molecular weight excluding hydrogens is 162 g/mol. The average Bonchev–Trinajstić information content (AvgIpc) is 2.47. The fraction of sp³-hybridized carbons (Fsp3) is 0.727. The second-order valence-electron chi connectivity index (χ2n) is 4.29. The Balaban J connectivity index is 2.29. The summed E-state index contributed by atoms with van der Waals surface area (Å²) in [4.78, 5) is 11.6.